The Kier molecular flexibility index (Phi) is 6.70. The lowest BCUT2D eigenvalue weighted by atomic mass is 10.2. The van der Waals surface area contributed by atoms with Gasteiger partial charge in [-0.25, -0.2) is 9.38 Å². The summed E-state index contributed by atoms with van der Waals surface area (Å²) in [5, 5.41) is -0.142. The number of thioether (sulfide) groups is 1. The maximum absolute atomic E-state index is 13.5. The van der Waals surface area contributed by atoms with Gasteiger partial charge in [0.1, 0.15) is 11.5 Å². The van der Waals surface area contributed by atoms with Crippen LogP contribution < -0.4 is 9.80 Å². The number of aliphatic imine (C=N–C) groups is 1. The molecule has 1 aliphatic rings. The van der Waals surface area contributed by atoms with E-state index in [0.717, 1.165) is 11.3 Å². The SMILES string of the molecule is CC(SC1=NC(=Cc2ccccc2)C(=O)N1c1ccc(F)cc1)C(=O)N(C)c1ccccc1. The summed E-state index contributed by atoms with van der Waals surface area (Å²) in [7, 11) is 1.72. The zero-order valence-corrected chi connectivity index (χ0v) is 19.0. The van der Waals surface area contributed by atoms with Crippen molar-refractivity contribution in [1.29, 1.82) is 0 Å². The standard InChI is InChI=1S/C26H22FN3O2S/c1-18(24(31)29(2)21-11-7-4-8-12-21)33-26-28-23(17-19-9-5-3-6-10-19)25(32)30(26)22-15-13-20(27)14-16-22/h3-18H,1-2H3. The molecule has 1 aliphatic heterocycles. The normalized spacial score (nSPS) is 15.5. The second kappa shape index (κ2) is 9.83. The molecule has 0 saturated heterocycles. The Hall–Kier alpha value is -3.71. The lowest BCUT2D eigenvalue weighted by molar-refractivity contribution is -0.117. The van der Waals surface area contributed by atoms with Crippen molar-refractivity contribution in [3.8, 4) is 0 Å². The summed E-state index contributed by atoms with van der Waals surface area (Å²) in [6.45, 7) is 1.78. The molecule has 1 atom stereocenters. The van der Waals surface area contributed by atoms with Crippen molar-refractivity contribution in [1.82, 2.24) is 0 Å². The molecular weight excluding hydrogens is 437 g/mol. The fraction of sp³-hybridized carbons (Fsp3) is 0.115. The second-order valence-electron chi connectivity index (χ2n) is 7.44. The largest absolute Gasteiger partial charge is 0.315 e. The van der Waals surface area contributed by atoms with Crippen molar-refractivity contribution in [3.05, 3.63) is 102 Å². The van der Waals surface area contributed by atoms with Crippen molar-refractivity contribution in [2.45, 2.75) is 12.2 Å². The van der Waals surface area contributed by atoms with Crippen molar-refractivity contribution in [2.24, 2.45) is 4.99 Å². The highest BCUT2D eigenvalue weighted by Crippen LogP contribution is 2.32. The average Bonchev–Trinajstić information content (AvgIpc) is 3.14. The predicted molar refractivity (Wildman–Crippen MR) is 133 cm³/mol. The van der Waals surface area contributed by atoms with Gasteiger partial charge in [-0.05, 0) is 55.0 Å². The molecule has 0 N–H and O–H groups in total. The Bertz CT molecular complexity index is 1210. The number of carbonyl (C=O) groups is 2. The number of hydrogen-bond donors (Lipinski definition) is 0. The molecule has 2 amide bonds. The van der Waals surface area contributed by atoms with Crippen LogP contribution in [0.1, 0.15) is 12.5 Å². The van der Waals surface area contributed by atoms with Crippen LogP contribution in [0.25, 0.3) is 6.08 Å². The number of anilines is 2. The first-order valence-electron chi connectivity index (χ1n) is 10.4. The minimum absolute atomic E-state index is 0.124. The van der Waals surface area contributed by atoms with E-state index in [-0.39, 0.29) is 17.5 Å². The summed E-state index contributed by atoms with van der Waals surface area (Å²) >= 11 is 1.19. The van der Waals surface area contributed by atoms with E-state index in [1.54, 1.807) is 24.9 Å². The Balaban J connectivity index is 1.63. The zero-order chi connectivity index (χ0) is 23.4. The fourth-order valence-electron chi connectivity index (χ4n) is 3.36. The number of amides is 2. The number of amidine groups is 1. The maximum Gasteiger partial charge on any atom is 0.283 e. The minimum atomic E-state index is -0.513. The minimum Gasteiger partial charge on any atom is -0.315 e. The summed E-state index contributed by atoms with van der Waals surface area (Å²) in [6.07, 6.45) is 1.70. The molecule has 0 radical (unpaired) electrons. The highest BCUT2D eigenvalue weighted by Gasteiger charge is 2.34. The van der Waals surface area contributed by atoms with Crippen LogP contribution in [0.15, 0.2) is 95.6 Å². The van der Waals surface area contributed by atoms with Gasteiger partial charge in [-0.15, -0.1) is 0 Å². The van der Waals surface area contributed by atoms with E-state index in [4.69, 9.17) is 0 Å². The van der Waals surface area contributed by atoms with Gasteiger partial charge >= 0.3 is 0 Å². The quantitative estimate of drug-likeness (QED) is 0.483. The van der Waals surface area contributed by atoms with Gasteiger partial charge in [0.25, 0.3) is 5.91 Å². The molecule has 3 aromatic carbocycles. The Morgan fingerprint density at radius 1 is 1.00 bits per heavy atom. The number of halogens is 1. The molecule has 0 bridgehead atoms. The van der Waals surface area contributed by atoms with Gasteiger partial charge in [-0.1, -0.05) is 60.3 Å². The second-order valence-corrected chi connectivity index (χ2v) is 8.75. The van der Waals surface area contributed by atoms with E-state index in [0.29, 0.717) is 10.9 Å². The lowest BCUT2D eigenvalue weighted by Crippen LogP contribution is -2.36. The molecule has 0 fully saturated rings. The number of rotatable bonds is 5. The average molecular weight is 460 g/mol. The van der Waals surface area contributed by atoms with E-state index >= 15 is 0 Å². The molecule has 0 saturated carbocycles. The Labute approximate surface area is 196 Å². The molecule has 0 aromatic heterocycles. The van der Waals surface area contributed by atoms with Crippen LogP contribution in [-0.4, -0.2) is 29.3 Å². The number of benzene rings is 3. The van der Waals surface area contributed by atoms with Crippen LogP contribution in [0.2, 0.25) is 0 Å². The van der Waals surface area contributed by atoms with Crippen molar-refractivity contribution in [2.75, 3.05) is 16.8 Å². The smallest absolute Gasteiger partial charge is 0.283 e. The van der Waals surface area contributed by atoms with Crippen LogP contribution in [-0.2, 0) is 9.59 Å². The van der Waals surface area contributed by atoms with Gasteiger partial charge in [-0.2, -0.15) is 0 Å². The van der Waals surface area contributed by atoms with Crippen molar-refractivity contribution < 1.29 is 14.0 Å². The molecule has 33 heavy (non-hydrogen) atoms. The fourth-order valence-corrected chi connectivity index (χ4v) is 4.38. The molecule has 3 aromatic rings. The van der Waals surface area contributed by atoms with Crippen LogP contribution in [0, 0.1) is 5.82 Å². The van der Waals surface area contributed by atoms with Crippen LogP contribution in [0.5, 0.6) is 0 Å². The van der Waals surface area contributed by atoms with Gasteiger partial charge in [-0.3, -0.25) is 14.5 Å². The van der Waals surface area contributed by atoms with Gasteiger partial charge in [0.15, 0.2) is 5.17 Å². The molecule has 7 heteroatoms. The third kappa shape index (κ3) is 5.04. The summed E-state index contributed by atoms with van der Waals surface area (Å²) in [4.78, 5) is 33.9. The van der Waals surface area contributed by atoms with Crippen LogP contribution in [0.4, 0.5) is 15.8 Å². The molecule has 166 valence electrons. The Morgan fingerprint density at radius 3 is 2.24 bits per heavy atom. The third-order valence-corrected chi connectivity index (χ3v) is 6.16. The number of nitrogens with zero attached hydrogens (tertiary/aromatic N) is 3. The maximum atomic E-state index is 13.5. The van der Waals surface area contributed by atoms with Crippen molar-refractivity contribution in [3.63, 3.8) is 0 Å². The van der Waals surface area contributed by atoms with E-state index in [2.05, 4.69) is 4.99 Å². The highest BCUT2D eigenvalue weighted by molar-refractivity contribution is 8.15. The number of hydrogen-bond acceptors (Lipinski definition) is 4. The molecule has 1 heterocycles. The van der Waals surface area contributed by atoms with E-state index < -0.39 is 11.1 Å². The summed E-state index contributed by atoms with van der Waals surface area (Å²) in [5.74, 6) is -0.852. The van der Waals surface area contributed by atoms with Gasteiger partial charge in [0.2, 0.25) is 5.91 Å². The monoisotopic (exact) mass is 459 g/mol. The van der Waals surface area contributed by atoms with Crippen LogP contribution in [0.3, 0.4) is 0 Å². The zero-order valence-electron chi connectivity index (χ0n) is 18.2. The molecule has 1 unspecified atom stereocenters. The molecule has 4 rings (SSSR count). The van der Waals surface area contributed by atoms with Crippen LogP contribution >= 0.6 is 11.8 Å². The van der Waals surface area contributed by atoms with Gasteiger partial charge in [0, 0.05) is 12.7 Å². The molecule has 5 nitrogen and oxygen atoms in total. The van der Waals surface area contributed by atoms with Gasteiger partial charge < -0.3 is 4.90 Å². The first-order chi connectivity index (χ1) is 15.9. The first kappa shape index (κ1) is 22.5. The molecule has 0 spiro atoms. The molecular formula is C26H22FN3O2S. The summed E-state index contributed by atoms with van der Waals surface area (Å²) < 4.78 is 13.5. The summed E-state index contributed by atoms with van der Waals surface area (Å²) in [5.41, 5.74) is 2.35. The number of carbonyl (C=O) groups excluding carboxylic acids is 2. The number of para-hydroxylation sites is 1. The summed E-state index contributed by atoms with van der Waals surface area (Å²) in [6, 6.07) is 24.4. The van der Waals surface area contributed by atoms with Gasteiger partial charge in [0.05, 0.1) is 10.9 Å². The molecule has 0 aliphatic carbocycles. The van der Waals surface area contributed by atoms with E-state index in [1.807, 2.05) is 60.7 Å². The van der Waals surface area contributed by atoms with E-state index in [9.17, 15) is 14.0 Å². The topological polar surface area (TPSA) is 53.0 Å². The lowest BCUT2D eigenvalue weighted by Gasteiger charge is -2.23. The van der Waals surface area contributed by atoms with E-state index in [1.165, 1.54) is 40.9 Å². The first-order valence-corrected chi connectivity index (χ1v) is 11.3. The highest BCUT2D eigenvalue weighted by atomic mass is 32.2. The third-order valence-electron chi connectivity index (χ3n) is 5.12. The Morgan fingerprint density at radius 2 is 1.61 bits per heavy atom. The predicted octanol–water partition coefficient (Wildman–Crippen LogP) is 5.35. The van der Waals surface area contributed by atoms with Crippen molar-refractivity contribution >= 4 is 46.2 Å².